The van der Waals surface area contributed by atoms with Gasteiger partial charge in [-0.15, -0.1) is 0 Å². The minimum absolute atomic E-state index is 0.112. The summed E-state index contributed by atoms with van der Waals surface area (Å²) in [5.41, 5.74) is 0. The quantitative estimate of drug-likeness (QED) is 0.663. The summed E-state index contributed by atoms with van der Waals surface area (Å²) in [7, 11) is -2.01. The van der Waals surface area contributed by atoms with Crippen LogP contribution in [-0.4, -0.2) is 58.8 Å². The molecule has 0 aromatic heterocycles. The summed E-state index contributed by atoms with van der Waals surface area (Å²) in [6.45, 7) is 3.46. The van der Waals surface area contributed by atoms with Crippen molar-refractivity contribution in [3.63, 3.8) is 0 Å². The summed E-state index contributed by atoms with van der Waals surface area (Å²) < 4.78 is 48.7. The summed E-state index contributed by atoms with van der Waals surface area (Å²) in [5.74, 6) is -0.737. The molecule has 0 aromatic rings. The van der Waals surface area contributed by atoms with Crippen LogP contribution in [0.2, 0.25) is 0 Å². The van der Waals surface area contributed by atoms with E-state index in [1.165, 1.54) is 7.11 Å². The zero-order valence-electron chi connectivity index (χ0n) is 10.8. The molecule has 0 bridgehead atoms. The standard InChI is InChI=1S/C10H18O7S/c1-10(2)16-7-6(5-14-18(4,11)12)15-9(13-3)8(7)17-10/h6-9H,5H2,1-4H3/t6-,7-,8-,9?/m1/s1. The number of ether oxygens (including phenoxy) is 4. The second-order valence-corrected chi connectivity index (χ2v) is 6.48. The van der Waals surface area contributed by atoms with E-state index in [1.807, 2.05) is 0 Å². The van der Waals surface area contributed by atoms with Crippen molar-refractivity contribution in [2.24, 2.45) is 0 Å². The number of methoxy groups -OCH3 is 1. The van der Waals surface area contributed by atoms with Crippen molar-refractivity contribution < 1.29 is 31.5 Å². The first kappa shape index (κ1) is 14.2. The first-order valence-electron chi connectivity index (χ1n) is 5.60. The van der Waals surface area contributed by atoms with Gasteiger partial charge >= 0.3 is 0 Å². The average Bonchev–Trinajstić information content (AvgIpc) is 2.67. The van der Waals surface area contributed by atoms with Crippen LogP contribution in [0.25, 0.3) is 0 Å². The van der Waals surface area contributed by atoms with Crippen molar-refractivity contribution in [1.29, 1.82) is 0 Å². The highest BCUT2D eigenvalue weighted by Gasteiger charge is 2.55. The van der Waals surface area contributed by atoms with Gasteiger partial charge in [0.15, 0.2) is 12.1 Å². The molecule has 2 heterocycles. The van der Waals surface area contributed by atoms with Crippen LogP contribution < -0.4 is 0 Å². The van der Waals surface area contributed by atoms with Crippen LogP contribution in [0.1, 0.15) is 13.8 Å². The first-order chi connectivity index (χ1) is 8.22. The Morgan fingerprint density at radius 2 is 1.83 bits per heavy atom. The summed E-state index contributed by atoms with van der Waals surface area (Å²) in [6.07, 6.45) is -0.894. The zero-order valence-corrected chi connectivity index (χ0v) is 11.6. The first-order valence-corrected chi connectivity index (χ1v) is 7.42. The Morgan fingerprint density at radius 1 is 1.22 bits per heavy atom. The molecule has 2 aliphatic rings. The Labute approximate surface area is 106 Å². The van der Waals surface area contributed by atoms with Gasteiger partial charge in [0, 0.05) is 7.11 Å². The van der Waals surface area contributed by atoms with Crippen molar-refractivity contribution >= 4 is 10.1 Å². The molecule has 0 saturated carbocycles. The van der Waals surface area contributed by atoms with E-state index in [4.69, 9.17) is 23.1 Å². The van der Waals surface area contributed by atoms with Crippen LogP contribution >= 0.6 is 0 Å². The number of hydrogen-bond donors (Lipinski definition) is 0. The molecule has 0 spiro atoms. The third-order valence-corrected chi connectivity index (χ3v) is 3.35. The Hall–Kier alpha value is -0.250. The fourth-order valence-corrected chi connectivity index (χ4v) is 2.54. The van der Waals surface area contributed by atoms with Gasteiger partial charge in [0.25, 0.3) is 10.1 Å². The lowest BCUT2D eigenvalue weighted by molar-refractivity contribution is -0.229. The van der Waals surface area contributed by atoms with Gasteiger partial charge in [0.1, 0.15) is 18.3 Å². The van der Waals surface area contributed by atoms with Crippen LogP contribution in [0.4, 0.5) is 0 Å². The lowest BCUT2D eigenvalue weighted by Crippen LogP contribution is -2.33. The molecule has 1 unspecified atom stereocenters. The molecule has 0 radical (unpaired) electrons. The zero-order chi connectivity index (χ0) is 13.6. The molecule has 8 heteroatoms. The molecule has 2 saturated heterocycles. The van der Waals surface area contributed by atoms with Gasteiger partial charge in [0.2, 0.25) is 0 Å². The van der Waals surface area contributed by atoms with Gasteiger partial charge in [-0.25, -0.2) is 0 Å². The second kappa shape index (κ2) is 4.69. The maximum Gasteiger partial charge on any atom is 0.264 e. The third-order valence-electron chi connectivity index (χ3n) is 2.79. The van der Waals surface area contributed by atoms with Gasteiger partial charge in [-0.3, -0.25) is 4.18 Å². The van der Waals surface area contributed by atoms with Crippen molar-refractivity contribution in [1.82, 2.24) is 0 Å². The van der Waals surface area contributed by atoms with Crippen LogP contribution in [0.5, 0.6) is 0 Å². The molecule has 0 N–H and O–H groups in total. The average molecular weight is 282 g/mol. The monoisotopic (exact) mass is 282 g/mol. The van der Waals surface area contributed by atoms with Crippen LogP contribution in [0.15, 0.2) is 0 Å². The molecule has 0 amide bonds. The molecule has 18 heavy (non-hydrogen) atoms. The predicted molar refractivity (Wildman–Crippen MR) is 60.3 cm³/mol. The topological polar surface area (TPSA) is 80.3 Å². The van der Waals surface area contributed by atoms with Gasteiger partial charge in [-0.2, -0.15) is 8.42 Å². The number of rotatable bonds is 4. The van der Waals surface area contributed by atoms with E-state index in [0.29, 0.717) is 0 Å². The van der Waals surface area contributed by atoms with Gasteiger partial charge in [0.05, 0.1) is 12.9 Å². The highest BCUT2D eigenvalue weighted by atomic mass is 32.2. The van der Waals surface area contributed by atoms with Crippen LogP contribution in [0, 0.1) is 0 Å². The van der Waals surface area contributed by atoms with E-state index in [-0.39, 0.29) is 12.7 Å². The van der Waals surface area contributed by atoms with E-state index < -0.39 is 34.4 Å². The van der Waals surface area contributed by atoms with Crippen LogP contribution in [0.3, 0.4) is 0 Å². The molecular formula is C10H18O7S. The van der Waals surface area contributed by atoms with E-state index in [1.54, 1.807) is 13.8 Å². The Balaban J connectivity index is 2.04. The van der Waals surface area contributed by atoms with E-state index >= 15 is 0 Å². The molecule has 2 aliphatic heterocycles. The number of fused-ring (bicyclic) bond motifs is 1. The van der Waals surface area contributed by atoms with E-state index in [9.17, 15) is 8.42 Å². The largest absolute Gasteiger partial charge is 0.353 e. The number of hydrogen-bond acceptors (Lipinski definition) is 7. The fourth-order valence-electron chi connectivity index (χ4n) is 2.16. The predicted octanol–water partition coefficient (Wildman–Crippen LogP) is -0.146. The van der Waals surface area contributed by atoms with Crippen molar-refractivity contribution in [3.8, 4) is 0 Å². The maximum absolute atomic E-state index is 11.0. The molecule has 2 fully saturated rings. The molecular weight excluding hydrogens is 264 g/mol. The molecule has 0 aromatic carbocycles. The second-order valence-electron chi connectivity index (χ2n) is 4.83. The van der Waals surface area contributed by atoms with Crippen molar-refractivity contribution in [3.05, 3.63) is 0 Å². The van der Waals surface area contributed by atoms with Gasteiger partial charge < -0.3 is 18.9 Å². The highest BCUT2D eigenvalue weighted by molar-refractivity contribution is 7.85. The fraction of sp³-hybridized carbons (Fsp3) is 1.00. The summed E-state index contributed by atoms with van der Waals surface area (Å²) in [6, 6.07) is 0. The Morgan fingerprint density at radius 3 is 2.39 bits per heavy atom. The van der Waals surface area contributed by atoms with Crippen LogP contribution in [-0.2, 0) is 33.2 Å². The summed E-state index contributed by atoms with van der Waals surface area (Å²) in [4.78, 5) is 0. The molecule has 4 atom stereocenters. The smallest absolute Gasteiger partial charge is 0.264 e. The van der Waals surface area contributed by atoms with Crippen molar-refractivity contribution in [2.75, 3.05) is 20.0 Å². The molecule has 106 valence electrons. The van der Waals surface area contributed by atoms with E-state index in [0.717, 1.165) is 6.26 Å². The minimum atomic E-state index is -3.51. The molecule has 0 aliphatic carbocycles. The normalized spacial score (nSPS) is 38.9. The summed E-state index contributed by atoms with van der Waals surface area (Å²) >= 11 is 0. The molecule has 2 rings (SSSR count). The highest BCUT2D eigenvalue weighted by Crippen LogP contribution is 2.38. The lowest BCUT2D eigenvalue weighted by Gasteiger charge is -2.23. The Bertz CT molecular complexity index is 404. The summed E-state index contributed by atoms with van der Waals surface area (Å²) in [5, 5.41) is 0. The van der Waals surface area contributed by atoms with E-state index in [2.05, 4.69) is 0 Å². The minimum Gasteiger partial charge on any atom is -0.353 e. The third kappa shape index (κ3) is 3.01. The maximum atomic E-state index is 11.0. The van der Waals surface area contributed by atoms with Crippen molar-refractivity contribution in [2.45, 2.75) is 44.2 Å². The van der Waals surface area contributed by atoms with Gasteiger partial charge in [-0.05, 0) is 13.8 Å². The lowest BCUT2D eigenvalue weighted by atomic mass is 10.1. The van der Waals surface area contributed by atoms with Gasteiger partial charge in [-0.1, -0.05) is 0 Å². The Kier molecular flexibility index (Phi) is 3.69. The SMILES string of the molecule is COC1O[C@H](COS(C)(=O)=O)[C@H]2OC(C)(C)O[C@@H]12. The molecule has 7 nitrogen and oxygen atoms in total.